The summed E-state index contributed by atoms with van der Waals surface area (Å²) in [5.74, 6) is 1.62. The molecule has 0 atom stereocenters. The molecule has 0 radical (unpaired) electrons. The summed E-state index contributed by atoms with van der Waals surface area (Å²) in [6.07, 6.45) is 5.23. The second kappa shape index (κ2) is 7.24. The van der Waals surface area contributed by atoms with Gasteiger partial charge in [0.1, 0.15) is 17.3 Å². The number of furan rings is 1. The van der Waals surface area contributed by atoms with Gasteiger partial charge in [-0.15, -0.1) is 0 Å². The van der Waals surface area contributed by atoms with Crippen molar-refractivity contribution in [3.05, 3.63) is 90.6 Å². The first-order valence-electron chi connectivity index (χ1n) is 9.41. The molecule has 0 amide bonds. The number of pyridine rings is 1. The van der Waals surface area contributed by atoms with E-state index >= 15 is 0 Å². The van der Waals surface area contributed by atoms with E-state index in [4.69, 9.17) is 9.40 Å². The summed E-state index contributed by atoms with van der Waals surface area (Å²) in [7, 11) is 0. The summed E-state index contributed by atoms with van der Waals surface area (Å²) < 4.78 is 7.27. The Morgan fingerprint density at radius 2 is 1.93 bits per heavy atom. The van der Waals surface area contributed by atoms with Crippen molar-refractivity contribution in [1.29, 1.82) is 0 Å². The zero-order valence-corrected chi connectivity index (χ0v) is 15.9. The van der Waals surface area contributed by atoms with Gasteiger partial charge in [0, 0.05) is 23.5 Å². The Morgan fingerprint density at radius 1 is 0.966 bits per heavy atom. The highest BCUT2D eigenvalue weighted by molar-refractivity contribution is 5.82. The second-order valence-corrected chi connectivity index (χ2v) is 6.83. The van der Waals surface area contributed by atoms with E-state index < -0.39 is 0 Å². The van der Waals surface area contributed by atoms with E-state index in [-0.39, 0.29) is 0 Å². The number of aromatic nitrogens is 4. The van der Waals surface area contributed by atoms with Gasteiger partial charge >= 0.3 is 0 Å². The number of rotatable bonds is 5. The van der Waals surface area contributed by atoms with Crippen LogP contribution in [0.2, 0.25) is 0 Å². The lowest BCUT2D eigenvalue weighted by Crippen LogP contribution is -2.01. The molecule has 6 heteroatoms. The number of nitrogens with one attached hydrogen (secondary N) is 1. The minimum Gasteiger partial charge on any atom is -0.467 e. The molecule has 0 bridgehead atoms. The summed E-state index contributed by atoms with van der Waals surface area (Å²) in [6, 6.07) is 20.0. The van der Waals surface area contributed by atoms with E-state index in [2.05, 4.69) is 46.6 Å². The lowest BCUT2D eigenvalue weighted by molar-refractivity contribution is 0.518. The molecule has 0 saturated carbocycles. The van der Waals surface area contributed by atoms with Gasteiger partial charge in [0.2, 0.25) is 0 Å². The van der Waals surface area contributed by atoms with Gasteiger partial charge in [0.25, 0.3) is 0 Å². The molecule has 0 fully saturated rings. The van der Waals surface area contributed by atoms with Crippen molar-refractivity contribution in [2.45, 2.75) is 13.5 Å². The normalized spacial score (nSPS) is 11.1. The van der Waals surface area contributed by atoms with Crippen LogP contribution in [0.15, 0.2) is 83.7 Å². The lowest BCUT2D eigenvalue weighted by atomic mass is 10.0. The van der Waals surface area contributed by atoms with Crippen molar-refractivity contribution in [2.24, 2.45) is 0 Å². The van der Waals surface area contributed by atoms with Crippen LogP contribution < -0.4 is 5.32 Å². The maximum atomic E-state index is 5.39. The van der Waals surface area contributed by atoms with Gasteiger partial charge in [-0.3, -0.25) is 0 Å². The van der Waals surface area contributed by atoms with Crippen LogP contribution in [0.25, 0.3) is 28.2 Å². The van der Waals surface area contributed by atoms with Gasteiger partial charge in [0.05, 0.1) is 18.5 Å². The van der Waals surface area contributed by atoms with Crippen LogP contribution >= 0.6 is 0 Å². The molecule has 1 N–H and O–H groups in total. The molecule has 4 heterocycles. The van der Waals surface area contributed by atoms with Gasteiger partial charge in [0.15, 0.2) is 5.65 Å². The molecule has 0 unspecified atom stereocenters. The summed E-state index contributed by atoms with van der Waals surface area (Å²) >= 11 is 0. The second-order valence-electron chi connectivity index (χ2n) is 6.83. The zero-order valence-electron chi connectivity index (χ0n) is 15.9. The number of imidazole rings is 1. The molecule has 4 aromatic heterocycles. The number of anilines is 1. The number of hydrogen-bond donors (Lipinski definition) is 1. The largest absolute Gasteiger partial charge is 0.467 e. The maximum Gasteiger partial charge on any atom is 0.154 e. The Balaban J connectivity index is 1.61. The minimum absolute atomic E-state index is 0.569. The van der Waals surface area contributed by atoms with Crippen LogP contribution in [0.4, 0.5) is 5.82 Å². The summed E-state index contributed by atoms with van der Waals surface area (Å²) in [4.78, 5) is 9.30. The molecular weight excluding hydrogens is 362 g/mol. The third kappa shape index (κ3) is 3.36. The fraction of sp³-hybridized carbons (Fsp3) is 0.0870. The minimum atomic E-state index is 0.569. The van der Waals surface area contributed by atoms with Gasteiger partial charge in [-0.25, -0.2) is 14.5 Å². The first kappa shape index (κ1) is 17.2. The zero-order chi connectivity index (χ0) is 19.6. The highest BCUT2D eigenvalue weighted by Gasteiger charge is 2.17. The van der Waals surface area contributed by atoms with Crippen molar-refractivity contribution in [3.8, 4) is 22.5 Å². The molecule has 0 aliphatic rings. The fourth-order valence-electron chi connectivity index (χ4n) is 3.41. The predicted molar refractivity (Wildman–Crippen MR) is 112 cm³/mol. The van der Waals surface area contributed by atoms with Crippen LogP contribution in [0.3, 0.4) is 0 Å². The number of aryl methyl sites for hydroxylation is 1. The van der Waals surface area contributed by atoms with Crippen molar-refractivity contribution < 1.29 is 4.42 Å². The summed E-state index contributed by atoms with van der Waals surface area (Å²) in [5.41, 5.74) is 5.89. The lowest BCUT2D eigenvalue weighted by Gasteiger charge is -2.08. The Kier molecular flexibility index (Phi) is 4.29. The highest BCUT2D eigenvalue weighted by Crippen LogP contribution is 2.33. The Bertz CT molecular complexity index is 1270. The van der Waals surface area contributed by atoms with Crippen LogP contribution in [0, 0.1) is 6.92 Å². The van der Waals surface area contributed by atoms with E-state index in [1.165, 1.54) is 5.56 Å². The van der Waals surface area contributed by atoms with Crippen LogP contribution in [-0.4, -0.2) is 19.6 Å². The van der Waals surface area contributed by atoms with E-state index in [1.54, 1.807) is 18.7 Å². The van der Waals surface area contributed by atoms with Crippen LogP contribution in [-0.2, 0) is 6.54 Å². The molecule has 5 rings (SSSR count). The maximum absolute atomic E-state index is 5.39. The number of fused-ring (bicyclic) bond motifs is 1. The number of benzene rings is 1. The molecule has 0 aliphatic heterocycles. The Hall–Kier alpha value is -3.93. The third-order valence-corrected chi connectivity index (χ3v) is 4.74. The van der Waals surface area contributed by atoms with Crippen molar-refractivity contribution in [2.75, 3.05) is 5.32 Å². The first-order valence-corrected chi connectivity index (χ1v) is 9.41. The first-order chi connectivity index (χ1) is 14.3. The number of hydrogen-bond acceptors (Lipinski definition) is 5. The monoisotopic (exact) mass is 381 g/mol. The van der Waals surface area contributed by atoms with Gasteiger partial charge < -0.3 is 9.73 Å². The van der Waals surface area contributed by atoms with Gasteiger partial charge in [-0.2, -0.15) is 5.10 Å². The highest BCUT2D eigenvalue weighted by atomic mass is 16.3. The SMILES string of the molecule is Cc1cccc(-c2nc3cccnn3c2-c2ccnc(NCc3ccco3)c2)c1. The Morgan fingerprint density at radius 3 is 2.79 bits per heavy atom. The molecule has 5 aromatic rings. The summed E-state index contributed by atoms with van der Waals surface area (Å²) in [6.45, 7) is 2.65. The smallest absolute Gasteiger partial charge is 0.154 e. The molecular formula is C23H19N5O. The predicted octanol–water partition coefficient (Wildman–Crippen LogP) is 4.97. The summed E-state index contributed by atoms with van der Waals surface area (Å²) in [5, 5.41) is 7.85. The van der Waals surface area contributed by atoms with Crippen LogP contribution in [0.1, 0.15) is 11.3 Å². The molecule has 0 aliphatic carbocycles. The Labute approximate surface area is 167 Å². The quantitative estimate of drug-likeness (QED) is 0.465. The van der Waals surface area contributed by atoms with E-state index in [9.17, 15) is 0 Å². The molecule has 29 heavy (non-hydrogen) atoms. The molecule has 6 nitrogen and oxygen atoms in total. The van der Waals surface area contributed by atoms with Crippen molar-refractivity contribution in [1.82, 2.24) is 19.6 Å². The fourth-order valence-corrected chi connectivity index (χ4v) is 3.41. The average molecular weight is 381 g/mol. The average Bonchev–Trinajstić information content (AvgIpc) is 3.40. The molecule has 0 saturated heterocycles. The van der Waals surface area contributed by atoms with E-state index in [0.717, 1.165) is 39.7 Å². The molecule has 142 valence electrons. The topological polar surface area (TPSA) is 68.2 Å². The standard InChI is InChI=1S/C23H19N5O/c1-16-5-2-6-17(13-16)22-23(28-21(27-22)8-3-10-26-28)18-9-11-24-20(14-18)25-15-19-7-4-12-29-19/h2-14H,15H2,1H3,(H,24,25). The van der Waals surface area contributed by atoms with Crippen LogP contribution in [0.5, 0.6) is 0 Å². The molecule has 0 spiro atoms. The van der Waals surface area contributed by atoms with E-state index in [1.807, 2.05) is 40.9 Å². The third-order valence-electron chi connectivity index (χ3n) is 4.74. The van der Waals surface area contributed by atoms with Crippen molar-refractivity contribution in [3.63, 3.8) is 0 Å². The van der Waals surface area contributed by atoms with E-state index in [0.29, 0.717) is 6.54 Å². The number of nitrogens with zero attached hydrogens (tertiary/aromatic N) is 4. The van der Waals surface area contributed by atoms with Crippen molar-refractivity contribution >= 4 is 11.5 Å². The molecule has 1 aromatic carbocycles. The van der Waals surface area contributed by atoms with Gasteiger partial charge in [-0.1, -0.05) is 23.8 Å². The van der Waals surface area contributed by atoms with Gasteiger partial charge in [-0.05, 0) is 49.4 Å².